The lowest BCUT2D eigenvalue weighted by molar-refractivity contribution is 0.182. The van der Waals surface area contributed by atoms with Gasteiger partial charge in [0.25, 0.3) is 0 Å². The van der Waals surface area contributed by atoms with Gasteiger partial charge in [-0.1, -0.05) is 30.3 Å². The minimum absolute atomic E-state index is 0.587. The topological polar surface area (TPSA) is 28.2 Å². The highest BCUT2D eigenvalue weighted by Crippen LogP contribution is 2.15. The smallest absolute Gasteiger partial charge is 0.0897 e. The molecule has 1 fully saturated rings. The minimum Gasteiger partial charge on any atom is -0.307 e. The van der Waals surface area contributed by atoms with Crippen LogP contribution in [0, 0.1) is 6.92 Å². The van der Waals surface area contributed by atoms with Crippen molar-refractivity contribution in [2.45, 2.75) is 38.9 Å². The van der Waals surface area contributed by atoms with E-state index in [4.69, 9.17) is 0 Å². The lowest BCUT2D eigenvalue weighted by atomic mass is 10.0. The van der Waals surface area contributed by atoms with E-state index < -0.39 is 0 Å². The third-order valence-electron chi connectivity index (χ3n) is 3.99. The van der Waals surface area contributed by atoms with Gasteiger partial charge in [0.05, 0.1) is 10.7 Å². The second-order valence-corrected chi connectivity index (χ2v) is 6.86. The van der Waals surface area contributed by atoms with Gasteiger partial charge in [-0.05, 0) is 31.9 Å². The number of nitrogens with zero attached hydrogens (tertiary/aromatic N) is 2. The molecule has 2 heterocycles. The van der Waals surface area contributed by atoms with Gasteiger partial charge >= 0.3 is 0 Å². The Bertz CT molecular complexity index is 552. The van der Waals surface area contributed by atoms with Crippen LogP contribution in [0.5, 0.6) is 0 Å². The van der Waals surface area contributed by atoms with E-state index in [1.165, 1.54) is 30.6 Å². The molecule has 4 heteroatoms. The summed E-state index contributed by atoms with van der Waals surface area (Å²) >= 11 is 1.73. The summed E-state index contributed by atoms with van der Waals surface area (Å²) in [6.07, 6.45) is 2.55. The van der Waals surface area contributed by atoms with E-state index in [9.17, 15) is 0 Å². The first-order valence-electron chi connectivity index (χ1n) is 7.70. The van der Waals surface area contributed by atoms with Gasteiger partial charge < -0.3 is 5.32 Å². The largest absolute Gasteiger partial charge is 0.307 e. The Morgan fingerprint density at radius 2 is 2.19 bits per heavy atom. The third-order valence-corrected chi connectivity index (χ3v) is 4.82. The summed E-state index contributed by atoms with van der Waals surface area (Å²) in [4.78, 5) is 7.08. The molecule has 0 radical (unpaired) electrons. The van der Waals surface area contributed by atoms with Crippen LogP contribution < -0.4 is 5.32 Å². The quantitative estimate of drug-likeness (QED) is 0.919. The van der Waals surface area contributed by atoms with Crippen LogP contribution in [-0.4, -0.2) is 29.0 Å². The van der Waals surface area contributed by atoms with Crippen LogP contribution in [0.25, 0.3) is 0 Å². The Hall–Kier alpha value is -1.23. The van der Waals surface area contributed by atoms with E-state index in [2.05, 4.69) is 57.8 Å². The number of rotatable bonds is 5. The Balaban J connectivity index is 1.49. The molecule has 1 N–H and O–H groups in total. The molecule has 1 aromatic carbocycles. The highest BCUT2D eigenvalue weighted by Gasteiger charge is 2.19. The molecule has 1 aliphatic rings. The van der Waals surface area contributed by atoms with Gasteiger partial charge in [-0.2, -0.15) is 0 Å². The number of nitrogens with one attached hydrogen (secondary N) is 1. The van der Waals surface area contributed by atoms with Crippen LogP contribution in [0.2, 0.25) is 0 Å². The maximum atomic E-state index is 4.52. The highest BCUT2D eigenvalue weighted by atomic mass is 32.1. The van der Waals surface area contributed by atoms with Crippen LogP contribution in [0.3, 0.4) is 0 Å². The first-order chi connectivity index (χ1) is 10.3. The Labute approximate surface area is 131 Å². The maximum Gasteiger partial charge on any atom is 0.0897 e. The average Bonchev–Trinajstić information content (AvgIpc) is 2.92. The Morgan fingerprint density at radius 3 is 2.95 bits per heavy atom. The van der Waals surface area contributed by atoms with Crippen LogP contribution in [0.1, 0.15) is 29.1 Å². The number of aromatic nitrogens is 1. The predicted molar refractivity (Wildman–Crippen MR) is 88.4 cm³/mol. The molecule has 3 rings (SSSR count). The lowest BCUT2D eigenvalue weighted by Crippen LogP contribution is -2.45. The zero-order chi connectivity index (χ0) is 14.5. The van der Waals surface area contributed by atoms with Gasteiger partial charge in [-0.3, -0.25) is 4.90 Å². The molecule has 1 atom stereocenters. The summed E-state index contributed by atoms with van der Waals surface area (Å²) in [5, 5.41) is 6.98. The highest BCUT2D eigenvalue weighted by molar-refractivity contribution is 7.09. The van der Waals surface area contributed by atoms with Crippen LogP contribution in [-0.2, 0) is 13.1 Å². The van der Waals surface area contributed by atoms with Gasteiger partial charge in [0.15, 0.2) is 0 Å². The maximum absolute atomic E-state index is 4.52. The number of aryl methyl sites for hydroxylation is 1. The van der Waals surface area contributed by atoms with Gasteiger partial charge in [-0.25, -0.2) is 4.98 Å². The molecule has 3 nitrogen and oxygen atoms in total. The van der Waals surface area contributed by atoms with Crippen molar-refractivity contribution in [1.82, 2.24) is 15.2 Å². The standard InChI is InChI=1S/C17H23N3S/c1-14-19-17(13-21-14)10-18-16-8-5-9-20(12-16)11-15-6-3-2-4-7-15/h2-4,6-7,13,16,18H,5,8-12H2,1H3. The molecular formula is C17H23N3S. The summed E-state index contributed by atoms with van der Waals surface area (Å²) < 4.78 is 0. The van der Waals surface area contributed by atoms with E-state index >= 15 is 0 Å². The van der Waals surface area contributed by atoms with Crippen LogP contribution in [0.4, 0.5) is 0 Å². The lowest BCUT2D eigenvalue weighted by Gasteiger charge is -2.33. The van der Waals surface area contributed by atoms with E-state index in [0.29, 0.717) is 6.04 Å². The van der Waals surface area contributed by atoms with Gasteiger partial charge in [0.1, 0.15) is 0 Å². The number of hydrogen-bond donors (Lipinski definition) is 1. The average molecular weight is 301 g/mol. The molecule has 0 aliphatic carbocycles. The van der Waals surface area contributed by atoms with Gasteiger partial charge in [0.2, 0.25) is 0 Å². The fourth-order valence-electron chi connectivity index (χ4n) is 2.95. The van der Waals surface area contributed by atoms with Crippen molar-refractivity contribution in [2.75, 3.05) is 13.1 Å². The summed E-state index contributed by atoms with van der Waals surface area (Å²) in [6.45, 7) is 6.38. The molecule has 112 valence electrons. The van der Waals surface area contributed by atoms with Crippen molar-refractivity contribution in [3.8, 4) is 0 Å². The van der Waals surface area contributed by atoms with Crippen molar-refractivity contribution in [1.29, 1.82) is 0 Å². The second kappa shape index (κ2) is 7.16. The molecule has 0 saturated carbocycles. The van der Waals surface area contributed by atoms with E-state index in [1.54, 1.807) is 11.3 Å². The van der Waals surface area contributed by atoms with E-state index in [-0.39, 0.29) is 0 Å². The van der Waals surface area contributed by atoms with Crippen LogP contribution in [0.15, 0.2) is 35.7 Å². The van der Waals surface area contributed by atoms with Crippen molar-refractivity contribution in [3.05, 3.63) is 52.0 Å². The first-order valence-corrected chi connectivity index (χ1v) is 8.58. The molecule has 1 unspecified atom stereocenters. The summed E-state index contributed by atoms with van der Waals surface area (Å²) in [5.41, 5.74) is 2.59. The van der Waals surface area contributed by atoms with Crippen molar-refractivity contribution >= 4 is 11.3 Å². The number of benzene rings is 1. The zero-order valence-corrected chi connectivity index (χ0v) is 13.4. The number of likely N-dealkylation sites (tertiary alicyclic amines) is 1. The molecule has 1 saturated heterocycles. The van der Waals surface area contributed by atoms with Gasteiger partial charge in [-0.15, -0.1) is 11.3 Å². The molecule has 1 aromatic heterocycles. The number of thiazole rings is 1. The van der Waals surface area contributed by atoms with E-state index in [0.717, 1.165) is 24.6 Å². The first kappa shape index (κ1) is 14.7. The second-order valence-electron chi connectivity index (χ2n) is 5.80. The van der Waals surface area contributed by atoms with Crippen molar-refractivity contribution in [3.63, 3.8) is 0 Å². The van der Waals surface area contributed by atoms with E-state index in [1.807, 2.05) is 0 Å². The Morgan fingerprint density at radius 1 is 1.33 bits per heavy atom. The monoisotopic (exact) mass is 301 g/mol. The molecule has 2 aromatic rings. The normalized spacial score (nSPS) is 19.8. The third kappa shape index (κ3) is 4.37. The molecule has 0 spiro atoms. The number of piperidine rings is 1. The molecule has 21 heavy (non-hydrogen) atoms. The fraction of sp³-hybridized carbons (Fsp3) is 0.471. The predicted octanol–water partition coefficient (Wildman–Crippen LogP) is 3.21. The fourth-order valence-corrected chi connectivity index (χ4v) is 3.56. The number of hydrogen-bond acceptors (Lipinski definition) is 4. The molecule has 0 amide bonds. The summed E-state index contributed by atoms with van der Waals surface area (Å²) in [5.74, 6) is 0. The molecule has 1 aliphatic heterocycles. The SMILES string of the molecule is Cc1nc(CNC2CCCN(Cc3ccccc3)C2)cs1. The zero-order valence-electron chi connectivity index (χ0n) is 12.6. The molecule has 0 bridgehead atoms. The van der Waals surface area contributed by atoms with Crippen molar-refractivity contribution < 1.29 is 0 Å². The minimum atomic E-state index is 0.587. The van der Waals surface area contributed by atoms with Crippen molar-refractivity contribution in [2.24, 2.45) is 0 Å². The Kier molecular flexibility index (Phi) is 5.01. The van der Waals surface area contributed by atoms with Gasteiger partial charge in [0, 0.05) is 31.1 Å². The van der Waals surface area contributed by atoms with Crippen LogP contribution >= 0.6 is 11.3 Å². The molecular weight excluding hydrogens is 278 g/mol. The summed E-state index contributed by atoms with van der Waals surface area (Å²) in [6, 6.07) is 11.4. The summed E-state index contributed by atoms with van der Waals surface area (Å²) in [7, 11) is 0.